The number of hydrogen-bond acceptors (Lipinski definition) is 5. The Kier molecular flexibility index (Phi) is 3.15. The molecule has 0 atom stereocenters. The highest BCUT2D eigenvalue weighted by molar-refractivity contribution is 7.08. The lowest BCUT2D eigenvalue weighted by molar-refractivity contribution is 0.0586. The molecule has 0 radical (unpaired) electrons. The third-order valence-corrected chi connectivity index (χ3v) is 3.68. The summed E-state index contributed by atoms with van der Waals surface area (Å²) in [5, 5.41) is 16.7. The second kappa shape index (κ2) is 4.93. The van der Waals surface area contributed by atoms with Crippen molar-refractivity contribution >= 4 is 11.3 Å². The van der Waals surface area contributed by atoms with Crippen LogP contribution in [0.2, 0.25) is 0 Å². The SMILES string of the molecule is c1cc(-c2nnn(CC3CCOCC3)n2)cs1. The van der Waals surface area contributed by atoms with Gasteiger partial charge in [-0.05, 0) is 35.4 Å². The molecule has 1 aliphatic rings. The minimum atomic E-state index is 0.619. The van der Waals surface area contributed by atoms with Gasteiger partial charge in [-0.25, -0.2) is 0 Å². The largest absolute Gasteiger partial charge is 0.381 e. The van der Waals surface area contributed by atoms with Crippen molar-refractivity contribution in [3.63, 3.8) is 0 Å². The summed E-state index contributed by atoms with van der Waals surface area (Å²) in [5.74, 6) is 1.34. The van der Waals surface area contributed by atoms with Gasteiger partial charge in [0.05, 0.1) is 6.54 Å². The van der Waals surface area contributed by atoms with E-state index in [0.717, 1.165) is 44.0 Å². The van der Waals surface area contributed by atoms with Gasteiger partial charge in [0.25, 0.3) is 0 Å². The van der Waals surface area contributed by atoms with Gasteiger partial charge in [-0.2, -0.15) is 16.1 Å². The fourth-order valence-corrected chi connectivity index (χ4v) is 2.62. The van der Waals surface area contributed by atoms with E-state index in [2.05, 4.69) is 15.4 Å². The van der Waals surface area contributed by atoms with Gasteiger partial charge in [0.15, 0.2) is 0 Å². The number of thiophene rings is 1. The van der Waals surface area contributed by atoms with Crippen molar-refractivity contribution in [1.82, 2.24) is 20.2 Å². The first kappa shape index (κ1) is 10.9. The molecular weight excluding hydrogens is 236 g/mol. The summed E-state index contributed by atoms with van der Waals surface area (Å²) < 4.78 is 5.34. The van der Waals surface area contributed by atoms with Gasteiger partial charge in [0.2, 0.25) is 5.82 Å². The van der Waals surface area contributed by atoms with Crippen molar-refractivity contribution in [3.8, 4) is 11.4 Å². The van der Waals surface area contributed by atoms with Crippen molar-refractivity contribution in [2.24, 2.45) is 5.92 Å². The standard InChI is InChI=1S/C11H14N4OS/c1-4-16-5-2-9(1)7-15-13-11(12-14-15)10-3-6-17-8-10/h3,6,8-9H,1-2,4-5,7H2. The molecule has 90 valence electrons. The molecule has 0 aromatic carbocycles. The second-order valence-corrected chi connectivity index (χ2v) is 5.02. The van der Waals surface area contributed by atoms with Gasteiger partial charge in [0.1, 0.15) is 0 Å². The molecule has 0 unspecified atom stereocenters. The maximum absolute atomic E-state index is 5.34. The van der Waals surface area contributed by atoms with E-state index >= 15 is 0 Å². The van der Waals surface area contributed by atoms with Crippen LogP contribution in [0, 0.1) is 5.92 Å². The quantitative estimate of drug-likeness (QED) is 0.834. The summed E-state index contributed by atoms with van der Waals surface area (Å²) in [7, 11) is 0. The average molecular weight is 250 g/mol. The van der Waals surface area contributed by atoms with Crippen LogP contribution < -0.4 is 0 Å². The van der Waals surface area contributed by atoms with Gasteiger partial charge in [-0.3, -0.25) is 0 Å². The Morgan fingerprint density at radius 1 is 1.41 bits per heavy atom. The minimum absolute atomic E-state index is 0.619. The van der Waals surface area contributed by atoms with Crippen LogP contribution in [0.5, 0.6) is 0 Å². The molecule has 2 aromatic rings. The van der Waals surface area contributed by atoms with Gasteiger partial charge < -0.3 is 4.74 Å². The third kappa shape index (κ3) is 2.53. The summed E-state index contributed by atoms with van der Waals surface area (Å²) >= 11 is 1.65. The molecule has 17 heavy (non-hydrogen) atoms. The van der Waals surface area contributed by atoms with Gasteiger partial charge in [-0.15, -0.1) is 10.2 Å². The molecular formula is C11H14N4OS. The molecule has 1 fully saturated rings. The van der Waals surface area contributed by atoms with Crippen LogP contribution in [0.15, 0.2) is 16.8 Å². The Hall–Kier alpha value is -1.27. The van der Waals surface area contributed by atoms with E-state index in [1.54, 1.807) is 16.1 Å². The highest BCUT2D eigenvalue weighted by atomic mass is 32.1. The monoisotopic (exact) mass is 250 g/mol. The summed E-state index contributed by atoms with van der Waals surface area (Å²) in [6.07, 6.45) is 2.19. The normalized spacial score (nSPS) is 17.4. The molecule has 0 bridgehead atoms. The molecule has 3 rings (SSSR count). The van der Waals surface area contributed by atoms with Crippen molar-refractivity contribution in [2.75, 3.05) is 13.2 Å². The smallest absolute Gasteiger partial charge is 0.205 e. The Bertz CT molecular complexity index is 462. The zero-order chi connectivity index (χ0) is 11.5. The van der Waals surface area contributed by atoms with Crippen molar-refractivity contribution in [3.05, 3.63) is 16.8 Å². The summed E-state index contributed by atoms with van der Waals surface area (Å²) in [5.41, 5.74) is 1.05. The number of rotatable bonds is 3. The molecule has 0 spiro atoms. The molecule has 2 aromatic heterocycles. The van der Waals surface area contributed by atoms with Crippen molar-refractivity contribution < 1.29 is 4.74 Å². The maximum Gasteiger partial charge on any atom is 0.205 e. The van der Waals surface area contributed by atoms with Gasteiger partial charge in [-0.1, -0.05) is 0 Å². The van der Waals surface area contributed by atoms with E-state index < -0.39 is 0 Å². The van der Waals surface area contributed by atoms with E-state index in [-0.39, 0.29) is 0 Å². The van der Waals surface area contributed by atoms with E-state index in [0.29, 0.717) is 5.92 Å². The minimum Gasteiger partial charge on any atom is -0.381 e. The zero-order valence-electron chi connectivity index (χ0n) is 9.45. The van der Waals surface area contributed by atoms with Gasteiger partial charge in [0, 0.05) is 24.2 Å². The first-order valence-corrected chi connectivity index (χ1v) is 6.74. The molecule has 6 heteroatoms. The van der Waals surface area contributed by atoms with Crippen LogP contribution in [-0.4, -0.2) is 33.4 Å². The number of nitrogens with zero attached hydrogens (tertiary/aromatic N) is 4. The number of ether oxygens (including phenoxy) is 1. The van der Waals surface area contributed by atoms with Crippen LogP contribution >= 0.6 is 11.3 Å². The zero-order valence-corrected chi connectivity index (χ0v) is 10.3. The van der Waals surface area contributed by atoms with Crippen LogP contribution in [-0.2, 0) is 11.3 Å². The Balaban J connectivity index is 1.68. The molecule has 1 aliphatic heterocycles. The van der Waals surface area contributed by atoms with Crippen molar-refractivity contribution in [2.45, 2.75) is 19.4 Å². The number of tetrazole rings is 1. The lowest BCUT2D eigenvalue weighted by Crippen LogP contribution is -2.21. The topological polar surface area (TPSA) is 52.8 Å². The first-order chi connectivity index (χ1) is 8.42. The summed E-state index contributed by atoms with van der Waals surface area (Å²) in [6.45, 7) is 2.56. The molecule has 0 saturated carbocycles. The fraction of sp³-hybridized carbons (Fsp3) is 0.545. The summed E-state index contributed by atoms with van der Waals surface area (Å²) in [4.78, 5) is 1.71. The molecule has 0 amide bonds. The molecule has 1 saturated heterocycles. The Morgan fingerprint density at radius 3 is 3.06 bits per heavy atom. The van der Waals surface area contributed by atoms with E-state index in [1.165, 1.54) is 0 Å². The molecule has 0 aliphatic carbocycles. The predicted octanol–water partition coefficient (Wildman–Crippen LogP) is 1.83. The molecule has 3 heterocycles. The predicted molar refractivity (Wildman–Crippen MR) is 64.7 cm³/mol. The van der Waals surface area contributed by atoms with Crippen LogP contribution in [0.1, 0.15) is 12.8 Å². The van der Waals surface area contributed by atoms with E-state index in [4.69, 9.17) is 4.74 Å². The Labute approximate surface area is 103 Å². The lowest BCUT2D eigenvalue weighted by Gasteiger charge is -2.20. The highest BCUT2D eigenvalue weighted by Gasteiger charge is 2.16. The maximum atomic E-state index is 5.34. The van der Waals surface area contributed by atoms with Gasteiger partial charge >= 0.3 is 0 Å². The second-order valence-electron chi connectivity index (χ2n) is 4.24. The van der Waals surface area contributed by atoms with E-state index in [1.807, 2.05) is 16.8 Å². The van der Waals surface area contributed by atoms with Crippen LogP contribution in [0.4, 0.5) is 0 Å². The van der Waals surface area contributed by atoms with Crippen LogP contribution in [0.3, 0.4) is 0 Å². The molecule has 0 N–H and O–H groups in total. The third-order valence-electron chi connectivity index (χ3n) is 2.99. The highest BCUT2D eigenvalue weighted by Crippen LogP contribution is 2.18. The number of aromatic nitrogens is 4. The first-order valence-electron chi connectivity index (χ1n) is 5.80. The fourth-order valence-electron chi connectivity index (χ4n) is 1.99. The van der Waals surface area contributed by atoms with Crippen molar-refractivity contribution in [1.29, 1.82) is 0 Å². The number of hydrogen-bond donors (Lipinski definition) is 0. The summed E-state index contributed by atoms with van der Waals surface area (Å²) in [6, 6.07) is 2.01. The van der Waals surface area contributed by atoms with Crippen LogP contribution in [0.25, 0.3) is 11.4 Å². The molecule has 5 nitrogen and oxygen atoms in total. The van der Waals surface area contributed by atoms with E-state index in [9.17, 15) is 0 Å². The average Bonchev–Trinajstić information content (AvgIpc) is 3.00. The lowest BCUT2D eigenvalue weighted by atomic mass is 10.0. The Morgan fingerprint density at radius 2 is 2.29 bits per heavy atom.